The average molecular weight is 274 g/mol. The van der Waals surface area contributed by atoms with Gasteiger partial charge in [-0.25, -0.2) is 4.90 Å². The molecule has 2 amide bonds. The summed E-state index contributed by atoms with van der Waals surface area (Å²) in [6, 6.07) is 7.52. The van der Waals surface area contributed by atoms with E-state index < -0.39 is 0 Å². The number of thioether (sulfide) groups is 1. The molecule has 0 saturated carbocycles. The van der Waals surface area contributed by atoms with Crippen molar-refractivity contribution in [2.45, 2.75) is 11.3 Å². The number of hydrogen-bond acceptors (Lipinski definition) is 4. The number of amides is 2. The van der Waals surface area contributed by atoms with E-state index in [1.807, 2.05) is 24.5 Å². The first-order valence-corrected chi connectivity index (χ1v) is 7.40. The van der Waals surface area contributed by atoms with Crippen molar-refractivity contribution >= 4 is 29.3 Å². The lowest BCUT2D eigenvalue weighted by Gasteiger charge is -2.15. The van der Waals surface area contributed by atoms with E-state index in [2.05, 4.69) is 5.32 Å². The van der Waals surface area contributed by atoms with E-state index >= 15 is 0 Å². The highest BCUT2D eigenvalue weighted by Gasteiger charge is 2.44. The Kier molecular flexibility index (Phi) is 3.06. The van der Waals surface area contributed by atoms with Crippen molar-refractivity contribution in [3.63, 3.8) is 0 Å². The van der Waals surface area contributed by atoms with Crippen molar-refractivity contribution < 1.29 is 9.59 Å². The summed E-state index contributed by atoms with van der Waals surface area (Å²) >= 11 is 1.59. The van der Waals surface area contributed by atoms with Crippen LogP contribution in [-0.2, 0) is 9.59 Å². The molecule has 1 saturated heterocycles. The number of hydrogen-bond donors (Lipinski definition) is 1. The molecule has 1 aromatic rings. The van der Waals surface area contributed by atoms with Gasteiger partial charge in [0.25, 0.3) is 5.91 Å². The standard InChI is InChI=1S/C14H14N2O2S/c1-19-10-4-2-3-9(7-10)16-13(17)11-5-6-15-8-12(11)14(16)18/h2-4,7-8,11,15H,5-6H2,1H3. The highest BCUT2D eigenvalue weighted by atomic mass is 32.2. The molecule has 1 unspecified atom stereocenters. The minimum Gasteiger partial charge on any atom is -0.390 e. The molecule has 0 aliphatic carbocycles. The van der Waals surface area contributed by atoms with Crippen molar-refractivity contribution in [3.8, 4) is 0 Å². The number of carbonyl (C=O) groups is 2. The summed E-state index contributed by atoms with van der Waals surface area (Å²) in [6.45, 7) is 0.742. The third kappa shape index (κ3) is 1.94. The van der Waals surface area contributed by atoms with Gasteiger partial charge in [0, 0.05) is 23.2 Å². The molecule has 2 aliphatic rings. The summed E-state index contributed by atoms with van der Waals surface area (Å²) in [6.07, 6.45) is 4.35. The summed E-state index contributed by atoms with van der Waals surface area (Å²) in [5, 5.41) is 3.04. The van der Waals surface area contributed by atoms with Gasteiger partial charge < -0.3 is 5.32 Å². The van der Waals surface area contributed by atoms with Gasteiger partial charge in [0.2, 0.25) is 5.91 Å². The van der Waals surface area contributed by atoms with Gasteiger partial charge in [0.1, 0.15) is 0 Å². The number of imide groups is 1. The maximum atomic E-state index is 12.4. The van der Waals surface area contributed by atoms with Crippen molar-refractivity contribution in [2.75, 3.05) is 17.7 Å². The molecule has 2 aliphatic heterocycles. The van der Waals surface area contributed by atoms with Gasteiger partial charge in [-0.1, -0.05) is 6.07 Å². The van der Waals surface area contributed by atoms with Crippen molar-refractivity contribution in [2.24, 2.45) is 5.92 Å². The molecule has 1 N–H and O–H groups in total. The minimum absolute atomic E-state index is 0.101. The Balaban J connectivity index is 2.01. The van der Waals surface area contributed by atoms with Crippen LogP contribution in [0.4, 0.5) is 5.69 Å². The Labute approximate surface area is 115 Å². The summed E-state index contributed by atoms with van der Waals surface area (Å²) in [5.74, 6) is -0.567. The van der Waals surface area contributed by atoms with E-state index in [0.29, 0.717) is 17.7 Å². The lowest BCUT2D eigenvalue weighted by atomic mass is 9.97. The van der Waals surface area contributed by atoms with Crippen LogP contribution in [-0.4, -0.2) is 24.6 Å². The number of anilines is 1. The SMILES string of the molecule is CSc1cccc(N2C(=O)C3=CNCCC3C2=O)c1. The largest absolute Gasteiger partial charge is 0.390 e. The van der Waals surface area contributed by atoms with Crippen LogP contribution in [0.5, 0.6) is 0 Å². The second-order valence-electron chi connectivity index (χ2n) is 4.58. The van der Waals surface area contributed by atoms with Gasteiger partial charge >= 0.3 is 0 Å². The Morgan fingerprint density at radius 1 is 1.37 bits per heavy atom. The Hall–Kier alpha value is -1.75. The topological polar surface area (TPSA) is 49.4 Å². The first-order chi connectivity index (χ1) is 9.22. The van der Waals surface area contributed by atoms with Crippen LogP contribution in [0, 0.1) is 5.92 Å². The van der Waals surface area contributed by atoms with Gasteiger partial charge in [-0.15, -0.1) is 11.8 Å². The molecule has 3 rings (SSSR count). The molecule has 2 heterocycles. The molecular formula is C14H14N2O2S. The minimum atomic E-state index is -0.272. The third-order valence-corrected chi connectivity index (χ3v) is 4.22. The number of carbonyl (C=O) groups excluding carboxylic acids is 2. The summed E-state index contributed by atoms with van der Waals surface area (Å²) in [5.41, 5.74) is 1.25. The highest BCUT2D eigenvalue weighted by Crippen LogP contribution is 2.34. The normalized spacial score (nSPS) is 22.1. The van der Waals surface area contributed by atoms with E-state index in [0.717, 1.165) is 11.4 Å². The van der Waals surface area contributed by atoms with Gasteiger partial charge in [-0.2, -0.15) is 0 Å². The number of nitrogens with zero attached hydrogens (tertiary/aromatic N) is 1. The van der Waals surface area contributed by atoms with E-state index in [9.17, 15) is 9.59 Å². The second kappa shape index (κ2) is 4.74. The molecular weight excluding hydrogens is 260 g/mol. The Morgan fingerprint density at radius 3 is 2.95 bits per heavy atom. The maximum Gasteiger partial charge on any atom is 0.263 e. The number of nitrogens with one attached hydrogen (secondary N) is 1. The number of fused-ring (bicyclic) bond motifs is 1. The van der Waals surface area contributed by atoms with Crippen molar-refractivity contribution in [1.29, 1.82) is 0 Å². The molecule has 1 atom stereocenters. The third-order valence-electron chi connectivity index (χ3n) is 3.49. The lowest BCUT2D eigenvalue weighted by Crippen LogP contribution is -2.30. The quantitative estimate of drug-likeness (QED) is 0.659. The lowest BCUT2D eigenvalue weighted by molar-refractivity contribution is -0.122. The van der Waals surface area contributed by atoms with Gasteiger partial charge in [-0.3, -0.25) is 9.59 Å². The first kappa shape index (κ1) is 12.3. The van der Waals surface area contributed by atoms with Crippen LogP contribution < -0.4 is 10.2 Å². The molecule has 0 spiro atoms. The molecule has 98 valence electrons. The highest BCUT2D eigenvalue weighted by molar-refractivity contribution is 7.98. The van der Waals surface area contributed by atoms with Crippen molar-refractivity contribution in [3.05, 3.63) is 36.0 Å². The molecule has 0 radical (unpaired) electrons. The first-order valence-electron chi connectivity index (χ1n) is 6.18. The van der Waals surface area contributed by atoms with Crippen molar-refractivity contribution in [1.82, 2.24) is 5.32 Å². The summed E-state index contributed by atoms with van der Waals surface area (Å²) in [7, 11) is 0. The second-order valence-corrected chi connectivity index (χ2v) is 5.45. The maximum absolute atomic E-state index is 12.4. The fourth-order valence-electron chi connectivity index (χ4n) is 2.51. The van der Waals surface area contributed by atoms with E-state index in [4.69, 9.17) is 0 Å². The summed E-state index contributed by atoms with van der Waals surface area (Å²) < 4.78 is 0. The zero-order valence-corrected chi connectivity index (χ0v) is 11.4. The van der Waals surface area contributed by atoms with Crippen LogP contribution in [0.15, 0.2) is 40.9 Å². The van der Waals surface area contributed by atoms with Gasteiger partial charge in [-0.05, 0) is 30.9 Å². The van der Waals surface area contributed by atoms with E-state index in [-0.39, 0.29) is 17.7 Å². The predicted molar refractivity (Wildman–Crippen MR) is 74.9 cm³/mol. The van der Waals surface area contributed by atoms with E-state index in [1.165, 1.54) is 4.90 Å². The van der Waals surface area contributed by atoms with Crippen LogP contribution in [0.25, 0.3) is 0 Å². The fourth-order valence-corrected chi connectivity index (χ4v) is 2.97. The number of rotatable bonds is 2. The van der Waals surface area contributed by atoms with Gasteiger partial charge in [0.15, 0.2) is 0 Å². The Bertz CT molecular complexity index is 583. The Morgan fingerprint density at radius 2 is 2.21 bits per heavy atom. The molecule has 4 nitrogen and oxygen atoms in total. The fraction of sp³-hybridized carbons (Fsp3) is 0.286. The van der Waals surface area contributed by atoms with Crippen LogP contribution >= 0.6 is 11.8 Å². The van der Waals surface area contributed by atoms with E-state index in [1.54, 1.807) is 24.0 Å². The molecule has 0 bridgehead atoms. The average Bonchev–Trinajstić information content (AvgIpc) is 2.72. The molecule has 1 aromatic carbocycles. The van der Waals surface area contributed by atoms with Crippen LogP contribution in [0.1, 0.15) is 6.42 Å². The molecule has 0 aromatic heterocycles. The molecule has 19 heavy (non-hydrogen) atoms. The van der Waals surface area contributed by atoms with Crippen LogP contribution in [0.2, 0.25) is 0 Å². The molecule has 5 heteroatoms. The zero-order valence-electron chi connectivity index (χ0n) is 10.6. The number of benzene rings is 1. The summed E-state index contributed by atoms with van der Waals surface area (Å²) in [4.78, 5) is 27.1. The monoisotopic (exact) mass is 274 g/mol. The zero-order chi connectivity index (χ0) is 13.4. The predicted octanol–water partition coefficient (Wildman–Crippen LogP) is 1.78. The van der Waals surface area contributed by atoms with Gasteiger partial charge in [0.05, 0.1) is 11.6 Å². The molecule has 1 fully saturated rings. The van der Waals surface area contributed by atoms with Crippen LogP contribution in [0.3, 0.4) is 0 Å². The smallest absolute Gasteiger partial charge is 0.263 e.